The number of ether oxygens (including phenoxy) is 1. The number of allylic oxidation sites excluding steroid dienone is 1. The molecule has 0 aliphatic carbocycles. The van der Waals surface area contributed by atoms with Crippen LogP contribution in [-0.4, -0.2) is 15.5 Å². The molecule has 2 aromatic rings. The molecule has 0 saturated carbocycles. The zero-order valence-electron chi connectivity index (χ0n) is 12.9. The highest BCUT2D eigenvalue weighted by Crippen LogP contribution is 2.21. The highest BCUT2D eigenvalue weighted by molar-refractivity contribution is 6.53. The second-order valence-corrected chi connectivity index (χ2v) is 7.16. The van der Waals surface area contributed by atoms with E-state index in [0.29, 0.717) is 5.56 Å². The molecule has 0 atom stereocenters. The van der Waals surface area contributed by atoms with E-state index in [1.165, 1.54) is 11.3 Å². The number of carbonyl (C=O) groups excluding carboxylic acids is 1. The molecule has 0 aliphatic rings. The van der Waals surface area contributed by atoms with Gasteiger partial charge in [-0.3, -0.25) is 0 Å². The Balaban J connectivity index is 2.07. The molecule has 0 bridgehead atoms. The van der Waals surface area contributed by atoms with E-state index in [2.05, 4.69) is 6.58 Å². The third-order valence-corrected chi connectivity index (χ3v) is 5.21. The van der Waals surface area contributed by atoms with Gasteiger partial charge in [0, 0.05) is 12.1 Å². The largest absolute Gasteiger partial charge is 0.423 e. The van der Waals surface area contributed by atoms with Gasteiger partial charge in [0.2, 0.25) is 0 Å². The van der Waals surface area contributed by atoms with Crippen LogP contribution in [-0.2, 0) is 0 Å². The Labute approximate surface area is 141 Å². The zero-order valence-corrected chi connectivity index (χ0v) is 14.3. The summed E-state index contributed by atoms with van der Waals surface area (Å²) in [5.74, 6) is -3.12. The van der Waals surface area contributed by atoms with Crippen LogP contribution in [0.5, 0.6) is 5.75 Å². The fourth-order valence-electron chi connectivity index (χ4n) is 2.14. The summed E-state index contributed by atoms with van der Waals surface area (Å²) in [5, 5.41) is 9.83. The maximum Gasteiger partial charge on any atom is 0.343 e. The predicted octanol–water partition coefficient (Wildman–Crippen LogP) is 2.84. The molecular formula is C18H15F2NO2Si. The number of carbonyl (C=O) groups is 1. The molecule has 6 heteroatoms. The summed E-state index contributed by atoms with van der Waals surface area (Å²) in [7, 11) is -0.391. The molecule has 2 aromatic carbocycles. The van der Waals surface area contributed by atoms with Crippen molar-refractivity contribution in [3.05, 3.63) is 71.8 Å². The summed E-state index contributed by atoms with van der Waals surface area (Å²) in [6.45, 7) is 3.68. The summed E-state index contributed by atoms with van der Waals surface area (Å²) in [5.41, 5.74) is -0.412. The number of hydrogen-bond acceptors (Lipinski definition) is 3. The standard InChI is InChI=1S/C18H15F2NO2Si/c1-2-3-8-24-14-6-4-12(5-7-14)18(22)23-13-9-16(19)15(11-21)17(20)10-13/h2,4-7,9-10H,1,3,8,24H2. The normalized spacial score (nSPS) is 10.5. The van der Waals surface area contributed by atoms with Crippen LogP contribution < -0.4 is 9.92 Å². The van der Waals surface area contributed by atoms with Gasteiger partial charge in [-0.1, -0.05) is 29.4 Å². The fourth-order valence-corrected chi connectivity index (χ4v) is 3.61. The molecule has 0 fully saturated rings. The monoisotopic (exact) mass is 343 g/mol. The van der Waals surface area contributed by atoms with Crippen LogP contribution in [0.4, 0.5) is 8.78 Å². The van der Waals surface area contributed by atoms with Crippen molar-refractivity contribution in [1.29, 1.82) is 5.26 Å². The lowest BCUT2D eigenvalue weighted by Crippen LogP contribution is -2.15. The lowest BCUT2D eigenvalue weighted by atomic mass is 10.2. The fraction of sp³-hybridized carbons (Fsp3) is 0.111. The van der Waals surface area contributed by atoms with Crippen LogP contribution in [0, 0.1) is 23.0 Å². The highest BCUT2D eigenvalue weighted by atomic mass is 28.2. The molecule has 24 heavy (non-hydrogen) atoms. The van der Waals surface area contributed by atoms with Gasteiger partial charge in [-0.05, 0) is 18.6 Å². The topological polar surface area (TPSA) is 50.1 Å². The van der Waals surface area contributed by atoms with Crippen LogP contribution >= 0.6 is 0 Å². The number of benzene rings is 2. The minimum absolute atomic E-state index is 0.279. The molecule has 0 heterocycles. The number of nitriles is 1. The molecule has 0 saturated heterocycles. The Kier molecular flexibility index (Phi) is 5.99. The first-order valence-electron chi connectivity index (χ1n) is 7.36. The van der Waals surface area contributed by atoms with E-state index in [-0.39, 0.29) is 5.75 Å². The Bertz CT molecular complexity index is 775. The van der Waals surface area contributed by atoms with Crippen molar-refractivity contribution in [2.45, 2.75) is 12.5 Å². The molecule has 0 amide bonds. The van der Waals surface area contributed by atoms with Gasteiger partial charge >= 0.3 is 5.97 Å². The van der Waals surface area contributed by atoms with Gasteiger partial charge in [0.05, 0.1) is 15.1 Å². The first kappa shape index (κ1) is 17.6. The molecule has 0 aliphatic heterocycles. The van der Waals surface area contributed by atoms with E-state index in [1.807, 2.05) is 18.2 Å². The average Bonchev–Trinajstić information content (AvgIpc) is 2.55. The summed E-state index contributed by atoms with van der Waals surface area (Å²) < 4.78 is 32.0. The Morgan fingerprint density at radius 1 is 1.25 bits per heavy atom. The van der Waals surface area contributed by atoms with Crippen LogP contribution in [0.3, 0.4) is 0 Å². The minimum Gasteiger partial charge on any atom is -0.423 e. The lowest BCUT2D eigenvalue weighted by Gasteiger charge is -2.06. The second kappa shape index (κ2) is 8.18. The van der Waals surface area contributed by atoms with Crippen molar-refractivity contribution in [3.8, 4) is 11.8 Å². The minimum atomic E-state index is -1.07. The lowest BCUT2D eigenvalue weighted by molar-refractivity contribution is 0.0734. The van der Waals surface area contributed by atoms with Crippen LogP contribution in [0.15, 0.2) is 49.1 Å². The van der Waals surface area contributed by atoms with E-state index >= 15 is 0 Å². The van der Waals surface area contributed by atoms with Crippen molar-refractivity contribution in [1.82, 2.24) is 0 Å². The maximum atomic E-state index is 13.5. The smallest absolute Gasteiger partial charge is 0.343 e. The van der Waals surface area contributed by atoms with E-state index in [0.717, 1.165) is 24.6 Å². The third-order valence-electron chi connectivity index (χ3n) is 3.40. The number of esters is 1. The van der Waals surface area contributed by atoms with Gasteiger partial charge in [0.15, 0.2) is 0 Å². The van der Waals surface area contributed by atoms with E-state index < -0.39 is 32.7 Å². The first-order chi connectivity index (χ1) is 11.5. The summed E-state index contributed by atoms with van der Waals surface area (Å²) >= 11 is 0. The van der Waals surface area contributed by atoms with Crippen LogP contribution in [0.2, 0.25) is 6.04 Å². The van der Waals surface area contributed by atoms with Crippen molar-refractivity contribution in [2.24, 2.45) is 0 Å². The molecule has 3 nitrogen and oxygen atoms in total. The Morgan fingerprint density at radius 3 is 2.42 bits per heavy atom. The zero-order chi connectivity index (χ0) is 17.5. The summed E-state index contributed by atoms with van der Waals surface area (Å²) in [6, 6.07) is 11.2. The third kappa shape index (κ3) is 4.37. The van der Waals surface area contributed by atoms with Crippen molar-refractivity contribution < 1.29 is 18.3 Å². The number of rotatable bonds is 6. The van der Waals surface area contributed by atoms with Crippen molar-refractivity contribution in [3.63, 3.8) is 0 Å². The van der Waals surface area contributed by atoms with Gasteiger partial charge in [-0.25, -0.2) is 13.6 Å². The quantitative estimate of drug-likeness (QED) is 0.266. The molecule has 0 spiro atoms. The van der Waals surface area contributed by atoms with Crippen molar-refractivity contribution >= 4 is 20.7 Å². The number of halogens is 2. The Hall–Kier alpha value is -2.78. The van der Waals surface area contributed by atoms with Gasteiger partial charge < -0.3 is 4.74 Å². The maximum absolute atomic E-state index is 13.5. The van der Waals surface area contributed by atoms with Gasteiger partial charge in [-0.15, -0.1) is 6.58 Å². The second-order valence-electron chi connectivity index (χ2n) is 5.14. The highest BCUT2D eigenvalue weighted by Gasteiger charge is 2.14. The SMILES string of the molecule is C=CCC[SiH2]c1ccc(C(=O)Oc2cc(F)c(C#N)c(F)c2)cc1. The van der Waals surface area contributed by atoms with Crippen molar-refractivity contribution in [2.75, 3.05) is 0 Å². The summed E-state index contributed by atoms with van der Waals surface area (Å²) in [6.07, 6.45) is 2.86. The molecule has 0 N–H and O–H groups in total. The molecule has 0 unspecified atom stereocenters. The van der Waals surface area contributed by atoms with Gasteiger partial charge in [0.25, 0.3) is 0 Å². The molecular weight excluding hydrogens is 328 g/mol. The number of hydrogen-bond donors (Lipinski definition) is 0. The van der Waals surface area contributed by atoms with E-state index in [9.17, 15) is 13.6 Å². The predicted molar refractivity (Wildman–Crippen MR) is 90.3 cm³/mol. The van der Waals surface area contributed by atoms with Gasteiger partial charge in [0.1, 0.15) is 29.0 Å². The van der Waals surface area contributed by atoms with Gasteiger partial charge in [-0.2, -0.15) is 5.26 Å². The van der Waals surface area contributed by atoms with E-state index in [4.69, 9.17) is 10.00 Å². The summed E-state index contributed by atoms with van der Waals surface area (Å²) in [4.78, 5) is 12.0. The molecule has 0 aromatic heterocycles. The van der Waals surface area contributed by atoms with E-state index in [1.54, 1.807) is 12.1 Å². The number of nitrogens with zero attached hydrogens (tertiary/aromatic N) is 1. The molecule has 2 rings (SSSR count). The average molecular weight is 343 g/mol. The molecule has 122 valence electrons. The van der Waals surface area contributed by atoms with Crippen LogP contribution in [0.1, 0.15) is 22.3 Å². The van der Waals surface area contributed by atoms with Crippen LogP contribution in [0.25, 0.3) is 0 Å². The Morgan fingerprint density at radius 2 is 1.88 bits per heavy atom. The first-order valence-corrected chi connectivity index (χ1v) is 9.07. The molecule has 0 radical (unpaired) electrons.